The molecule has 1 heterocycles. The molecule has 1 aliphatic heterocycles. The highest BCUT2D eigenvalue weighted by atomic mass is 16.5. The Morgan fingerprint density at radius 2 is 1.95 bits per heavy atom. The average molecular weight is 279 g/mol. The first-order valence-electron chi connectivity index (χ1n) is 8.13. The van der Waals surface area contributed by atoms with E-state index in [1.807, 2.05) is 0 Å². The van der Waals surface area contributed by atoms with Gasteiger partial charge < -0.3 is 4.74 Å². The number of morpholine rings is 1. The zero-order chi connectivity index (χ0) is 14.6. The van der Waals surface area contributed by atoms with Gasteiger partial charge in [-0.3, -0.25) is 10.2 Å². The molecule has 0 aromatic carbocycles. The molecule has 2 fully saturated rings. The lowest BCUT2D eigenvalue weighted by Gasteiger charge is -2.36. The third-order valence-electron chi connectivity index (χ3n) is 4.45. The molecule has 0 radical (unpaired) electrons. The van der Waals surface area contributed by atoms with Gasteiger partial charge in [0, 0.05) is 19.1 Å². The highest BCUT2D eigenvalue weighted by Gasteiger charge is 2.34. The van der Waals surface area contributed by atoms with Gasteiger partial charge in [-0.15, -0.1) is 0 Å². The number of hydrogen-bond acceptors (Lipinski definition) is 4. The number of nitrogens with one attached hydrogen (secondary N) is 1. The first-order chi connectivity index (χ1) is 9.57. The molecule has 0 spiro atoms. The van der Waals surface area contributed by atoms with Crippen molar-refractivity contribution in [3.8, 4) is 6.07 Å². The quantitative estimate of drug-likeness (QED) is 0.777. The number of nitriles is 1. The fourth-order valence-electron chi connectivity index (χ4n) is 3.21. The van der Waals surface area contributed by atoms with Gasteiger partial charge >= 0.3 is 0 Å². The smallest absolute Gasteiger partial charge is 0.106 e. The Balaban J connectivity index is 1.76. The third kappa shape index (κ3) is 4.44. The van der Waals surface area contributed by atoms with Gasteiger partial charge in [-0.1, -0.05) is 6.92 Å². The van der Waals surface area contributed by atoms with Crippen LogP contribution in [0, 0.1) is 11.3 Å². The summed E-state index contributed by atoms with van der Waals surface area (Å²) >= 11 is 0. The minimum Gasteiger partial charge on any atom is -0.373 e. The maximum absolute atomic E-state index is 9.53. The first kappa shape index (κ1) is 15.8. The number of ether oxygens (including phenoxy) is 1. The van der Waals surface area contributed by atoms with Crippen molar-refractivity contribution in [2.24, 2.45) is 0 Å². The van der Waals surface area contributed by atoms with Crippen LogP contribution in [0.2, 0.25) is 0 Å². The zero-order valence-corrected chi connectivity index (χ0v) is 13.2. The fourth-order valence-corrected chi connectivity index (χ4v) is 3.21. The summed E-state index contributed by atoms with van der Waals surface area (Å²) in [6.45, 7) is 9.52. The molecule has 2 rings (SSSR count). The second kappa shape index (κ2) is 6.89. The molecular weight excluding hydrogens is 250 g/mol. The molecule has 1 aliphatic carbocycles. The lowest BCUT2D eigenvalue weighted by atomic mass is 9.91. The van der Waals surface area contributed by atoms with Crippen molar-refractivity contribution in [1.82, 2.24) is 10.2 Å². The molecule has 4 heteroatoms. The summed E-state index contributed by atoms with van der Waals surface area (Å²) < 4.78 is 5.76. The summed E-state index contributed by atoms with van der Waals surface area (Å²) in [7, 11) is 0. The van der Waals surface area contributed by atoms with Crippen LogP contribution < -0.4 is 5.32 Å². The van der Waals surface area contributed by atoms with E-state index in [0.717, 1.165) is 38.9 Å². The van der Waals surface area contributed by atoms with Crippen molar-refractivity contribution < 1.29 is 4.74 Å². The summed E-state index contributed by atoms with van der Waals surface area (Å²) in [5, 5.41) is 13.1. The largest absolute Gasteiger partial charge is 0.373 e. The standard InChI is InChI=1S/C16H29N3O/c1-4-16(12-17,18-15-6-7-15)8-5-9-19-10-13(2)20-14(3)11-19/h13-15,18H,4-11H2,1-3H3. The Bertz CT molecular complexity index is 340. The molecule has 114 valence electrons. The second-order valence-electron chi connectivity index (χ2n) is 6.59. The van der Waals surface area contributed by atoms with Crippen molar-refractivity contribution in [3.63, 3.8) is 0 Å². The minimum absolute atomic E-state index is 0.301. The van der Waals surface area contributed by atoms with Gasteiger partial charge in [0.2, 0.25) is 0 Å². The van der Waals surface area contributed by atoms with E-state index in [4.69, 9.17) is 4.74 Å². The molecule has 1 N–H and O–H groups in total. The molecule has 1 saturated carbocycles. The van der Waals surface area contributed by atoms with E-state index >= 15 is 0 Å². The summed E-state index contributed by atoms with van der Waals surface area (Å²) in [6.07, 6.45) is 6.07. The van der Waals surface area contributed by atoms with E-state index in [9.17, 15) is 5.26 Å². The van der Waals surface area contributed by atoms with E-state index in [1.165, 1.54) is 12.8 Å². The first-order valence-corrected chi connectivity index (χ1v) is 8.13. The van der Waals surface area contributed by atoms with Crippen LogP contribution in [0.5, 0.6) is 0 Å². The van der Waals surface area contributed by atoms with Crippen LogP contribution >= 0.6 is 0 Å². The third-order valence-corrected chi connectivity index (χ3v) is 4.45. The van der Waals surface area contributed by atoms with Crippen LogP contribution in [-0.2, 0) is 4.74 Å². The molecule has 4 nitrogen and oxygen atoms in total. The van der Waals surface area contributed by atoms with Crippen molar-refractivity contribution in [2.75, 3.05) is 19.6 Å². The van der Waals surface area contributed by atoms with Gasteiger partial charge in [0.15, 0.2) is 0 Å². The summed E-state index contributed by atoms with van der Waals surface area (Å²) in [5.74, 6) is 0. The molecule has 0 bridgehead atoms. The minimum atomic E-state index is -0.301. The maximum Gasteiger partial charge on any atom is 0.106 e. The summed E-state index contributed by atoms with van der Waals surface area (Å²) in [4.78, 5) is 2.48. The van der Waals surface area contributed by atoms with Gasteiger partial charge in [-0.05, 0) is 52.5 Å². The van der Waals surface area contributed by atoms with E-state index in [2.05, 4.69) is 37.1 Å². The van der Waals surface area contributed by atoms with Gasteiger partial charge in [0.05, 0.1) is 18.3 Å². The van der Waals surface area contributed by atoms with E-state index in [0.29, 0.717) is 18.2 Å². The van der Waals surface area contributed by atoms with Crippen LogP contribution in [0.3, 0.4) is 0 Å². The van der Waals surface area contributed by atoms with Crippen LogP contribution in [0.25, 0.3) is 0 Å². The topological polar surface area (TPSA) is 48.3 Å². The highest BCUT2D eigenvalue weighted by molar-refractivity contribution is 5.09. The van der Waals surface area contributed by atoms with Crippen LogP contribution in [0.4, 0.5) is 0 Å². The molecule has 20 heavy (non-hydrogen) atoms. The van der Waals surface area contributed by atoms with Crippen LogP contribution in [0.1, 0.15) is 52.9 Å². The Kier molecular flexibility index (Phi) is 5.42. The second-order valence-corrected chi connectivity index (χ2v) is 6.59. The van der Waals surface area contributed by atoms with Gasteiger partial charge in [-0.2, -0.15) is 5.26 Å². The lowest BCUT2D eigenvalue weighted by Crippen LogP contribution is -2.47. The Labute approximate surface area is 123 Å². The van der Waals surface area contributed by atoms with Gasteiger partial charge in [0.1, 0.15) is 5.54 Å². The molecule has 0 amide bonds. The Morgan fingerprint density at radius 1 is 1.30 bits per heavy atom. The summed E-state index contributed by atoms with van der Waals surface area (Å²) in [5.41, 5.74) is -0.301. The summed E-state index contributed by atoms with van der Waals surface area (Å²) in [6, 6.07) is 3.13. The van der Waals surface area contributed by atoms with Crippen LogP contribution in [0.15, 0.2) is 0 Å². The van der Waals surface area contributed by atoms with Crippen molar-refractivity contribution in [1.29, 1.82) is 5.26 Å². The fraction of sp³-hybridized carbons (Fsp3) is 0.938. The van der Waals surface area contributed by atoms with E-state index < -0.39 is 0 Å². The van der Waals surface area contributed by atoms with Gasteiger partial charge in [-0.25, -0.2) is 0 Å². The van der Waals surface area contributed by atoms with Gasteiger partial charge in [0.25, 0.3) is 0 Å². The van der Waals surface area contributed by atoms with Crippen molar-refractivity contribution in [3.05, 3.63) is 0 Å². The van der Waals surface area contributed by atoms with Crippen molar-refractivity contribution >= 4 is 0 Å². The number of hydrogen-bond donors (Lipinski definition) is 1. The van der Waals surface area contributed by atoms with Crippen molar-refractivity contribution in [2.45, 2.75) is 76.7 Å². The molecule has 2 aliphatic rings. The van der Waals surface area contributed by atoms with E-state index in [1.54, 1.807) is 0 Å². The highest BCUT2D eigenvalue weighted by Crippen LogP contribution is 2.26. The Morgan fingerprint density at radius 3 is 2.45 bits per heavy atom. The SMILES string of the molecule is CCC(C#N)(CCCN1CC(C)OC(C)C1)NC1CC1. The Hall–Kier alpha value is -0.630. The average Bonchev–Trinajstić information content (AvgIpc) is 3.20. The molecule has 0 aromatic rings. The predicted molar refractivity (Wildman–Crippen MR) is 80.5 cm³/mol. The number of rotatable bonds is 7. The molecule has 3 atom stereocenters. The predicted octanol–water partition coefficient (Wildman–Crippen LogP) is 2.30. The van der Waals surface area contributed by atoms with Crippen LogP contribution in [-0.4, -0.2) is 48.3 Å². The molecule has 0 aromatic heterocycles. The number of nitrogens with zero attached hydrogens (tertiary/aromatic N) is 2. The monoisotopic (exact) mass is 279 g/mol. The lowest BCUT2D eigenvalue weighted by molar-refractivity contribution is -0.0683. The van der Waals surface area contributed by atoms with E-state index in [-0.39, 0.29) is 5.54 Å². The molecule has 3 unspecified atom stereocenters. The normalized spacial score (nSPS) is 30.7. The maximum atomic E-state index is 9.53. The zero-order valence-electron chi connectivity index (χ0n) is 13.2. The molecule has 1 saturated heterocycles. The molecular formula is C16H29N3O.